The average molecular weight is 314 g/mol. The summed E-state index contributed by atoms with van der Waals surface area (Å²) in [5.74, 6) is -2.25. The number of hydrogen-bond donors (Lipinski definition) is 2. The van der Waals surface area contributed by atoms with Crippen LogP contribution in [0.2, 0.25) is 0 Å². The van der Waals surface area contributed by atoms with Gasteiger partial charge < -0.3 is 5.11 Å². The Morgan fingerprint density at radius 3 is 2.67 bits per heavy atom. The molecule has 2 rings (SSSR count). The predicted octanol–water partition coefficient (Wildman–Crippen LogP) is 0.0584. The van der Waals surface area contributed by atoms with E-state index in [1.807, 2.05) is 4.72 Å². The second-order valence-corrected chi connectivity index (χ2v) is 5.89. The van der Waals surface area contributed by atoms with Gasteiger partial charge in [0.2, 0.25) is 10.0 Å². The number of pyridine rings is 1. The summed E-state index contributed by atoms with van der Waals surface area (Å²) in [6.45, 7) is 0. The fraction of sp³-hybridized carbons (Fsp3) is 0.182. The summed E-state index contributed by atoms with van der Waals surface area (Å²) in [5, 5.41) is 12.9. The molecule has 0 saturated heterocycles. The van der Waals surface area contributed by atoms with Crippen LogP contribution in [0.3, 0.4) is 0 Å². The molecule has 0 aliphatic heterocycles. The quantitative estimate of drug-likeness (QED) is 0.806. The van der Waals surface area contributed by atoms with Crippen molar-refractivity contribution in [2.24, 2.45) is 7.05 Å². The van der Waals surface area contributed by atoms with Crippen LogP contribution in [0.4, 0.5) is 4.39 Å². The fourth-order valence-corrected chi connectivity index (χ4v) is 2.76. The maximum absolute atomic E-state index is 13.0. The lowest BCUT2D eigenvalue weighted by Crippen LogP contribution is -2.33. The predicted molar refractivity (Wildman–Crippen MR) is 68.1 cm³/mol. The molecule has 0 radical (unpaired) electrons. The number of carbonyl (C=O) groups is 1. The molecule has 8 nitrogen and oxygen atoms in total. The third kappa shape index (κ3) is 3.41. The molecule has 0 spiro atoms. The topological polar surface area (TPSA) is 114 Å². The highest BCUT2D eigenvalue weighted by Gasteiger charge is 2.28. The van der Waals surface area contributed by atoms with Crippen molar-refractivity contribution in [2.75, 3.05) is 0 Å². The van der Waals surface area contributed by atoms with Gasteiger partial charge in [-0.1, -0.05) is 0 Å². The Morgan fingerprint density at radius 2 is 2.14 bits per heavy atom. The smallest absolute Gasteiger partial charge is 0.326 e. The van der Waals surface area contributed by atoms with Crippen molar-refractivity contribution in [2.45, 2.75) is 10.9 Å². The van der Waals surface area contributed by atoms with E-state index in [0.29, 0.717) is 0 Å². The minimum atomic E-state index is -4.24. The molecular formula is C11H11FN4O4S. The van der Waals surface area contributed by atoms with Crippen molar-refractivity contribution in [3.63, 3.8) is 0 Å². The fourth-order valence-electron chi connectivity index (χ4n) is 1.61. The molecule has 2 N–H and O–H groups in total. The SMILES string of the molecule is Cn1cc(C(NS(=O)(=O)c2cncc(F)c2)C(=O)O)cn1. The molecular weight excluding hydrogens is 303 g/mol. The van der Waals surface area contributed by atoms with Gasteiger partial charge in [0.15, 0.2) is 0 Å². The number of nitrogens with one attached hydrogen (secondary N) is 1. The first-order valence-corrected chi connectivity index (χ1v) is 7.12. The standard InChI is InChI=1S/C11H11FN4O4S/c1-16-6-7(3-14-16)10(11(17)18)15-21(19,20)9-2-8(12)4-13-5-9/h2-6,10,15H,1H3,(H,17,18). The summed E-state index contributed by atoms with van der Waals surface area (Å²) < 4.78 is 40.5. The van der Waals surface area contributed by atoms with Crippen LogP contribution >= 0.6 is 0 Å². The zero-order chi connectivity index (χ0) is 15.6. The molecule has 1 atom stereocenters. The van der Waals surface area contributed by atoms with Gasteiger partial charge in [0, 0.05) is 25.0 Å². The first-order valence-electron chi connectivity index (χ1n) is 5.64. The van der Waals surface area contributed by atoms with Gasteiger partial charge in [-0.05, 0) is 6.07 Å². The van der Waals surface area contributed by atoms with Crippen molar-refractivity contribution < 1.29 is 22.7 Å². The molecule has 0 amide bonds. The zero-order valence-corrected chi connectivity index (χ0v) is 11.6. The third-order valence-electron chi connectivity index (χ3n) is 2.57. The normalized spacial score (nSPS) is 13.0. The van der Waals surface area contributed by atoms with Crippen molar-refractivity contribution in [3.8, 4) is 0 Å². The number of aromatic nitrogens is 3. The highest BCUT2D eigenvalue weighted by Crippen LogP contribution is 2.17. The molecule has 21 heavy (non-hydrogen) atoms. The molecule has 1 unspecified atom stereocenters. The number of halogens is 1. The number of rotatable bonds is 5. The minimum Gasteiger partial charge on any atom is -0.480 e. The Hall–Kier alpha value is -2.33. The monoisotopic (exact) mass is 314 g/mol. The van der Waals surface area contributed by atoms with Crippen LogP contribution in [0.15, 0.2) is 35.7 Å². The second-order valence-electron chi connectivity index (χ2n) is 4.18. The van der Waals surface area contributed by atoms with Crippen molar-refractivity contribution in [1.29, 1.82) is 0 Å². The van der Waals surface area contributed by atoms with Crippen molar-refractivity contribution >= 4 is 16.0 Å². The molecule has 2 heterocycles. The molecule has 0 aromatic carbocycles. The lowest BCUT2D eigenvalue weighted by molar-refractivity contribution is -0.139. The summed E-state index contributed by atoms with van der Waals surface area (Å²) in [6.07, 6.45) is 4.36. The van der Waals surface area contributed by atoms with Crippen LogP contribution in [0.5, 0.6) is 0 Å². The first-order chi connectivity index (χ1) is 9.79. The minimum absolute atomic E-state index is 0.151. The lowest BCUT2D eigenvalue weighted by atomic mass is 10.2. The maximum atomic E-state index is 13.0. The van der Waals surface area contributed by atoms with E-state index in [2.05, 4.69) is 10.1 Å². The summed E-state index contributed by atoms with van der Waals surface area (Å²) in [7, 11) is -2.67. The number of hydrogen-bond acceptors (Lipinski definition) is 5. The Labute approximate surface area is 119 Å². The number of sulfonamides is 1. The number of aryl methyl sites for hydroxylation is 1. The summed E-state index contributed by atoms with van der Waals surface area (Å²) >= 11 is 0. The van der Waals surface area contributed by atoms with Gasteiger partial charge in [0.05, 0.1) is 12.4 Å². The Bertz CT molecular complexity index is 774. The zero-order valence-electron chi connectivity index (χ0n) is 10.8. The Kier molecular flexibility index (Phi) is 4.00. The van der Waals surface area contributed by atoms with Gasteiger partial charge in [-0.3, -0.25) is 14.5 Å². The third-order valence-corrected chi connectivity index (χ3v) is 3.96. The number of nitrogens with zero attached hydrogens (tertiary/aromatic N) is 3. The summed E-state index contributed by atoms with van der Waals surface area (Å²) in [4.78, 5) is 14.2. The lowest BCUT2D eigenvalue weighted by Gasteiger charge is -2.13. The van der Waals surface area contributed by atoms with E-state index >= 15 is 0 Å². The van der Waals surface area contributed by atoms with E-state index in [0.717, 1.165) is 18.5 Å². The summed E-state index contributed by atoms with van der Waals surface area (Å²) in [5.41, 5.74) is 0.151. The van der Waals surface area contributed by atoms with E-state index in [1.54, 1.807) is 7.05 Å². The van der Waals surface area contributed by atoms with Gasteiger partial charge in [-0.2, -0.15) is 9.82 Å². The second kappa shape index (κ2) is 5.58. The molecule has 0 saturated carbocycles. The van der Waals surface area contributed by atoms with Gasteiger partial charge in [-0.25, -0.2) is 12.8 Å². The van der Waals surface area contributed by atoms with Crippen LogP contribution in [-0.4, -0.2) is 34.3 Å². The molecule has 0 bridgehead atoms. The van der Waals surface area contributed by atoms with Crippen LogP contribution in [0.25, 0.3) is 0 Å². The first kappa shape index (κ1) is 15.1. The molecule has 2 aromatic heterocycles. The largest absolute Gasteiger partial charge is 0.480 e. The van der Waals surface area contributed by atoms with Crippen molar-refractivity contribution in [3.05, 3.63) is 42.2 Å². The van der Waals surface area contributed by atoms with E-state index in [9.17, 15) is 17.6 Å². The van der Waals surface area contributed by atoms with E-state index in [1.165, 1.54) is 17.1 Å². The Morgan fingerprint density at radius 1 is 1.43 bits per heavy atom. The average Bonchev–Trinajstić information content (AvgIpc) is 2.82. The van der Waals surface area contributed by atoms with Crippen LogP contribution < -0.4 is 4.72 Å². The van der Waals surface area contributed by atoms with Gasteiger partial charge in [-0.15, -0.1) is 0 Å². The highest BCUT2D eigenvalue weighted by atomic mass is 32.2. The van der Waals surface area contributed by atoms with Crippen LogP contribution in [-0.2, 0) is 21.9 Å². The number of carboxylic acids is 1. The molecule has 112 valence electrons. The van der Waals surface area contributed by atoms with E-state index in [-0.39, 0.29) is 5.56 Å². The van der Waals surface area contributed by atoms with Gasteiger partial charge in [0.25, 0.3) is 0 Å². The molecule has 10 heteroatoms. The van der Waals surface area contributed by atoms with E-state index < -0.39 is 32.7 Å². The van der Waals surface area contributed by atoms with E-state index in [4.69, 9.17) is 5.11 Å². The number of aliphatic carboxylic acids is 1. The van der Waals surface area contributed by atoms with Gasteiger partial charge >= 0.3 is 5.97 Å². The molecule has 0 aliphatic carbocycles. The summed E-state index contributed by atoms with van der Waals surface area (Å²) in [6, 6.07) is -0.788. The van der Waals surface area contributed by atoms with Crippen LogP contribution in [0.1, 0.15) is 11.6 Å². The highest BCUT2D eigenvalue weighted by molar-refractivity contribution is 7.89. The number of carboxylic acid groups (broad SMARTS) is 1. The maximum Gasteiger partial charge on any atom is 0.326 e. The molecule has 0 aliphatic rings. The molecule has 2 aromatic rings. The van der Waals surface area contributed by atoms with Gasteiger partial charge in [0.1, 0.15) is 16.8 Å². The molecule has 0 fully saturated rings. The van der Waals surface area contributed by atoms with Crippen LogP contribution in [0, 0.1) is 5.82 Å². The van der Waals surface area contributed by atoms with Crippen molar-refractivity contribution in [1.82, 2.24) is 19.5 Å². The Balaban J connectivity index is 2.34.